The molecule has 114 valence electrons. The third-order valence-electron chi connectivity index (χ3n) is 2.70. The van der Waals surface area contributed by atoms with E-state index in [4.69, 9.17) is 12.2 Å². The number of amides is 2. The third kappa shape index (κ3) is 4.15. The van der Waals surface area contributed by atoms with E-state index in [0.29, 0.717) is 4.91 Å². The molecule has 2 rings (SSSR count). The van der Waals surface area contributed by atoms with Gasteiger partial charge in [0, 0.05) is 0 Å². The van der Waals surface area contributed by atoms with E-state index in [-0.39, 0.29) is 16.8 Å². The van der Waals surface area contributed by atoms with Gasteiger partial charge in [-0.3, -0.25) is 14.5 Å². The zero-order valence-corrected chi connectivity index (χ0v) is 12.9. The lowest BCUT2D eigenvalue weighted by Crippen LogP contribution is -2.43. The average molecular weight is 335 g/mol. The molecule has 1 aliphatic heterocycles. The minimum absolute atomic E-state index is 0.260. The van der Waals surface area contributed by atoms with Gasteiger partial charge in [-0.25, -0.2) is 0 Å². The minimum atomic E-state index is -1.40. The first-order valence-corrected chi connectivity index (χ1v) is 7.47. The number of rotatable bonds is 5. The first-order valence-electron chi connectivity index (χ1n) is 6.24. The fraction of sp³-hybridized carbons (Fsp3) is 0.143. The Morgan fingerprint density at radius 2 is 2.00 bits per heavy atom. The van der Waals surface area contributed by atoms with Crippen molar-refractivity contribution in [2.75, 3.05) is 13.1 Å². The van der Waals surface area contributed by atoms with E-state index in [1.54, 1.807) is 6.08 Å². The fourth-order valence-corrected chi connectivity index (χ4v) is 2.96. The SMILES string of the molecule is O=C([O-])CNC(=O)CN1C(=O)/C(=C/c2ccccc2)SC1=S. The van der Waals surface area contributed by atoms with Crippen LogP contribution in [-0.4, -0.2) is 40.1 Å². The summed E-state index contributed by atoms with van der Waals surface area (Å²) in [4.78, 5) is 35.6. The van der Waals surface area contributed by atoms with Gasteiger partial charge in [0.2, 0.25) is 5.91 Å². The molecule has 1 saturated heterocycles. The Hall–Kier alpha value is -2.19. The normalized spacial score (nSPS) is 16.2. The molecule has 0 unspecified atom stereocenters. The lowest BCUT2D eigenvalue weighted by atomic mass is 10.2. The number of hydrogen-bond acceptors (Lipinski definition) is 6. The van der Waals surface area contributed by atoms with Crippen molar-refractivity contribution >= 4 is 52.2 Å². The summed E-state index contributed by atoms with van der Waals surface area (Å²) >= 11 is 6.19. The molecule has 6 nitrogen and oxygen atoms in total. The summed E-state index contributed by atoms with van der Waals surface area (Å²) in [5, 5.41) is 12.4. The van der Waals surface area contributed by atoms with Crippen molar-refractivity contribution in [3.05, 3.63) is 40.8 Å². The lowest BCUT2D eigenvalue weighted by Gasteiger charge is -2.14. The van der Waals surface area contributed by atoms with Crippen LogP contribution in [-0.2, 0) is 14.4 Å². The van der Waals surface area contributed by atoms with Crippen LogP contribution >= 0.6 is 24.0 Å². The number of carboxylic acids is 1. The predicted molar refractivity (Wildman–Crippen MR) is 84.3 cm³/mol. The monoisotopic (exact) mass is 335 g/mol. The zero-order valence-electron chi connectivity index (χ0n) is 11.3. The van der Waals surface area contributed by atoms with Crippen LogP contribution in [0.5, 0.6) is 0 Å². The molecule has 0 spiro atoms. The second-order valence-electron chi connectivity index (χ2n) is 4.33. The van der Waals surface area contributed by atoms with E-state index >= 15 is 0 Å². The van der Waals surface area contributed by atoms with Gasteiger partial charge in [-0.15, -0.1) is 0 Å². The van der Waals surface area contributed by atoms with Gasteiger partial charge in [0.25, 0.3) is 5.91 Å². The molecule has 1 heterocycles. The maximum absolute atomic E-state index is 12.2. The van der Waals surface area contributed by atoms with Crippen LogP contribution < -0.4 is 10.4 Å². The van der Waals surface area contributed by atoms with Gasteiger partial charge in [-0.1, -0.05) is 54.3 Å². The van der Waals surface area contributed by atoms with E-state index in [1.165, 1.54) is 0 Å². The summed E-state index contributed by atoms with van der Waals surface area (Å²) in [5.41, 5.74) is 0.851. The van der Waals surface area contributed by atoms with Crippen LogP contribution in [0.4, 0.5) is 0 Å². The molecule has 1 aromatic carbocycles. The van der Waals surface area contributed by atoms with Crippen molar-refractivity contribution in [1.82, 2.24) is 10.2 Å². The van der Waals surface area contributed by atoms with Crippen molar-refractivity contribution in [3.8, 4) is 0 Å². The van der Waals surface area contributed by atoms with Gasteiger partial charge in [-0.2, -0.15) is 0 Å². The standard InChI is InChI=1S/C14H12N2O4S2/c17-11(15-7-12(18)19)8-16-13(20)10(22-14(16)21)6-9-4-2-1-3-5-9/h1-6H,7-8H2,(H,15,17)(H,18,19)/p-1/b10-6-. The van der Waals surface area contributed by atoms with E-state index in [2.05, 4.69) is 5.32 Å². The Kier molecular flexibility index (Phi) is 5.29. The third-order valence-corrected chi connectivity index (χ3v) is 4.08. The number of thiocarbonyl (C=S) groups is 1. The number of nitrogens with zero attached hydrogens (tertiary/aromatic N) is 1. The van der Waals surface area contributed by atoms with Crippen molar-refractivity contribution < 1.29 is 19.5 Å². The van der Waals surface area contributed by atoms with E-state index in [9.17, 15) is 19.5 Å². The zero-order chi connectivity index (χ0) is 16.1. The molecule has 0 radical (unpaired) electrons. The molecular formula is C14H11N2O4S2-. The molecule has 0 bridgehead atoms. The number of aliphatic carboxylic acids is 1. The van der Waals surface area contributed by atoms with Gasteiger partial charge in [0.05, 0.1) is 17.4 Å². The Bertz CT molecular complexity index is 658. The second-order valence-corrected chi connectivity index (χ2v) is 6.00. The molecule has 0 aromatic heterocycles. The molecule has 1 aliphatic rings. The summed E-state index contributed by atoms with van der Waals surface area (Å²) in [6.45, 7) is -0.919. The van der Waals surface area contributed by atoms with Gasteiger partial charge >= 0.3 is 0 Å². The molecule has 2 amide bonds. The smallest absolute Gasteiger partial charge is 0.266 e. The topological polar surface area (TPSA) is 89.5 Å². The minimum Gasteiger partial charge on any atom is -0.548 e. The highest BCUT2D eigenvalue weighted by molar-refractivity contribution is 8.26. The van der Waals surface area contributed by atoms with Crippen molar-refractivity contribution in [3.63, 3.8) is 0 Å². The first-order chi connectivity index (χ1) is 10.5. The number of carbonyl (C=O) groups is 3. The molecule has 0 saturated carbocycles. The van der Waals surface area contributed by atoms with E-state index in [0.717, 1.165) is 22.2 Å². The number of thioether (sulfide) groups is 1. The molecule has 1 N–H and O–H groups in total. The highest BCUT2D eigenvalue weighted by atomic mass is 32.2. The quantitative estimate of drug-likeness (QED) is 0.590. The number of carboxylic acid groups (broad SMARTS) is 1. The number of carbonyl (C=O) groups excluding carboxylic acids is 3. The van der Waals surface area contributed by atoms with Gasteiger partial charge in [-0.05, 0) is 11.6 Å². The first kappa shape index (κ1) is 16.2. The maximum atomic E-state index is 12.2. The summed E-state index contributed by atoms with van der Waals surface area (Å²) < 4.78 is 0.260. The molecule has 1 fully saturated rings. The Balaban J connectivity index is 2.04. The summed E-state index contributed by atoms with van der Waals surface area (Å²) in [7, 11) is 0. The highest BCUT2D eigenvalue weighted by Gasteiger charge is 2.33. The van der Waals surface area contributed by atoms with E-state index < -0.39 is 18.4 Å². The van der Waals surface area contributed by atoms with Crippen molar-refractivity contribution in [2.24, 2.45) is 0 Å². The summed E-state index contributed by atoms with van der Waals surface area (Å²) in [6.07, 6.45) is 1.69. The summed E-state index contributed by atoms with van der Waals surface area (Å²) in [6, 6.07) is 9.25. The van der Waals surface area contributed by atoms with Crippen LogP contribution in [0.15, 0.2) is 35.2 Å². The largest absolute Gasteiger partial charge is 0.548 e. The Morgan fingerprint density at radius 3 is 2.64 bits per heavy atom. The lowest BCUT2D eigenvalue weighted by molar-refractivity contribution is -0.304. The number of nitrogens with one attached hydrogen (secondary N) is 1. The molecule has 0 aliphatic carbocycles. The summed E-state index contributed by atoms with van der Waals surface area (Å²) in [5.74, 6) is -2.38. The second kappa shape index (κ2) is 7.19. The van der Waals surface area contributed by atoms with Crippen LogP contribution in [0, 0.1) is 0 Å². The number of benzene rings is 1. The van der Waals surface area contributed by atoms with Crippen LogP contribution in [0.3, 0.4) is 0 Å². The predicted octanol–water partition coefficient (Wildman–Crippen LogP) is -0.246. The van der Waals surface area contributed by atoms with Crippen LogP contribution in [0.2, 0.25) is 0 Å². The van der Waals surface area contributed by atoms with Crippen molar-refractivity contribution in [1.29, 1.82) is 0 Å². The van der Waals surface area contributed by atoms with Crippen LogP contribution in [0.25, 0.3) is 6.08 Å². The fourth-order valence-electron chi connectivity index (χ4n) is 1.71. The molecule has 8 heteroatoms. The van der Waals surface area contributed by atoms with Gasteiger partial charge in [0.1, 0.15) is 10.9 Å². The molecular weight excluding hydrogens is 324 g/mol. The Labute approximate surface area is 136 Å². The van der Waals surface area contributed by atoms with Gasteiger partial charge < -0.3 is 15.2 Å². The van der Waals surface area contributed by atoms with Crippen molar-refractivity contribution in [2.45, 2.75) is 0 Å². The molecule has 1 aromatic rings. The van der Waals surface area contributed by atoms with Gasteiger partial charge in [0.15, 0.2) is 0 Å². The number of hydrogen-bond donors (Lipinski definition) is 1. The molecule has 22 heavy (non-hydrogen) atoms. The maximum Gasteiger partial charge on any atom is 0.266 e. The average Bonchev–Trinajstić information content (AvgIpc) is 2.74. The Morgan fingerprint density at radius 1 is 1.32 bits per heavy atom. The highest BCUT2D eigenvalue weighted by Crippen LogP contribution is 2.32. The van der Waals surface area contributed by atoms with E-state index in [1.807, 2.05) is 30.3 Å². The van der Waals surface area contributed by atoms with Crippen LogP contribution in [0.1, 0.15) is 5.56 Å². The molecule has 0 atom stereocenters.